The van der Waals surface area contributed by atoms with Crippen molar-refractivity contribution in [3.8, 4) is 0 Å². The smallest absolute Gasteiger partial charge is 0.239 e. The molecule has 0 saturated carbocycles. The third-order valence-electron chi connectivity index (χ3n) is 7.24. The molecule has 0 aromatic heterocycles. The Morgan fingerprint density at radius 3 is 2.19 bits per heavy atom. The third kappa shape index (κ3) is 5.52. The number of nitrogens with two attached hydrogens (primary N) is 1. The summed E-state index contributed by atoms with van der Waals surface area (Å²) in [5.74, 6) is 0.0556. The first-order valence-corrected chi connectivity index (χ1v) is 12.1. The second-order valence-corrected chi connectivity index (χ2v) is 9.88. The summed E-state index contributed by atoms with van der Waals surface area (Å²) < 4.78 is 0. The number of amides is 1. The van der Waals surface area contributed by atoms with Gasteiger partial charge in [-0.15, -0.1) is 0 Å². The Bertz CT molecular complexity index is 872. The van der Waals surface area contributed by atoms with Crippen LogP contribution in [-0.4, -0.2) is 78.5 Å². The molecule has 5 nitrogen and oxygen atoms in total. The van der Waals surface area contributed by atoms with Gasteiger partial charge in [0, 0.05) is 36.7 Å². The molecule has 0 unspecified atom stereocenters. The van der Waals surface area contributed by atoms with Gasteiger partial charge in [0.1, 0.15) is 0 Å². The predicted octanol–water partition coefficient (Wildman–Crippen LogP) is 3.06. The van der Waals surface area contributed by atoms with Gasteiger partial charge in [-0.3, -0.25) is 9.69 Å². The Kier molecular flexibility index (Phi) is 7.51. The van der Waals surface area contributed by atoms with Crippen LogP contribution in [0.5, 0.6) is 0 Å². The average Bonchev–Trinajstić information content (AvgIpc) is 2.82. The van der Waals surface area contributed by atoms with Crippen molar-refractivity contribution in [2.75, 3.05) is 46.3 Å². The van der Waals surface area contributed by atoms with E-state index in [0.29, 0.717) is 11.4 Å². The van der Waals surface area contributed by atoms with E-state index in [2.05, 4.69) is 47.2 Å². The third-order valence-corrected chi connectivity index (χ3v) is 7.49. The summed E-state index contributed by atoms with van der Waals surface area (Å²) in [4.78, 5) is 20.1. The number of hydrogen-bond donors (Lipinski definition) is 1. The Morgan fingerprint density at radius 1 is 0.938 bits per heavy atom. The zero-order valence-electron chi connectivity index (χ0n) is 19.0. The molecule has 2 aromatic carbocycles. The maximum Gasteiger partial charge on any atom is 0.239 e. The summed E-state index contributed by atoms with van der Waals surface area (Å²) in [5.41, 5.74) is 8.92. The number of hydrogen-bond acceptors (Lipinski definition) is 4. The van der Waals surface area contributed by atoms with Crippen LogP contribution < -0.4 is 5.73 Å². The average molecular weight is 455 g/mol. The Balaban J connectivity index is 1.38. The van der Waals surface area contributed by atoms with E-state index >= 15 is 0 Å². The maximum atomic E-state index is 13.0. The molecule has 1 atom stereocenters. The van der Waals surface area contributed by atoms with Crippen LogP contribution in [0.4, 0.5) is 0 Å². The summed E-state index contributed by atoms with van der Waals surface area (Å²) in [6.07, 6.45) is 3.96. The lowest BCUT2D eigenvalue weighted by Crippen LogP contribution is -2.63. The number of carbonyl (C=O) groups excluding carboxylic acids is 1. The molecule has 2 saturated heterocycles. The van der Waals surface area contributed by atoms with Crippen LogP contribution in [0.2, 0.25) is 5.02 Å². The SMILES string of the molecule is CN1CCC(Cc2ccccc2)(N2CCN(C(=O)[C@H](N)Cc3ccc(Cl)cc3)CC2)CC1. The first-order valence-electron chi connectivity index (χ1n) is 11.7. The fourth-order valence-corrected chi connectivity index (χ4v) is 5.34. The minimum Gasteiger partial charge on any atom is -0.339 e. The summed E-state index contributed by atoms with van der Waals surface area (Å²) in [6, 6.07) is 17.9. The number of carbonyl (C=O) groups is 1. The van der Waals surface area contributed by atoms with E-state index in [4.69, 9.17) is 17.3 Å². The molecule has 32 heavy (non-hydrogen) atoms. The van der Waals surface area contributed by atoms with Crippen molar-refractivity contribution in [3.63, 3.8) is 0 Å². The molecule has 0 bridgehead atoms. The first-order chi connectivity index (χ1) is 15.4. The molecule has 0 aliphatic carbocycles. The number of rotatable bonds is 6. The fourth-order valence-electron chi connectivity index (χ4n) is 5.21. The fraction of sp³-hybridized carbons (Fsp3) is 0.500. The van der Waals surface area contributed by atoms with Crippen molar-refractivity contribution in [3.05, 3.63) is 70.7 Å². The van der Waals surface area contributed by atoms with Gasteiger partial charge in [-0.1, -0.05) is 54.1 Å². The van der Waals surface area contributed by atoms with Gasteiger partial charge in [0.15, 0.2) is 0 Å². The Morgan fingerprint density at radius 2 is 1.56 bits per heavy atom. The normalized spacial score (nSPS) is 20.8. The maximum absolute atomic E-state index is 13.0. The summed E-state index contributed by atoms with van der Waals surface area (Å²) >= 11 is 5.97. The largest absolute Gasteiger partial charge is 0.339 e. The molecule has 2 heterocycles. The number of likely N-dealkylation sites (tertiary alicyclic amines) is 1. The van der Waals surface area contributed by atoms with Gasteiger partial charge in [0.2, 0.25) is 5.91 Å². The van der Waals surface area contributed by atoms with Crippen LogP contribution >= 0.6 is 11.6 Å². The van der Waals surface area contributed by atoms with Crippen molar-refractivity contribution in [2.24, 2.45) is 5.73 Å². The van der Waals surface area contributed by atoms with Gasteiger partial charge in [-0.25, -0.2) is 0 Å². The highest BCUT2D eigenvalue weighted by atomic mass is 35.5. The summed E-state index contributed by atoms with van der Waals surface area (Å²) in [5, 5.41) is 0.697. The van der Waals surface area contributed by atoms with Crippen LogP contribution in [0.3, 0.4) is 0 Å². The number of piperazine rings is 1. The van der Waals surface area contributed by atoms with Crippen LogP contribution in [0.15, 0.2) is 54.6 Å². The molecule has 2 aliphatic rings. The molecule has 1 amide bonds. The van der Waals surface area contributed by atoms with Crippen molar-refractivity contribution in [1.82, 2.24) is 14.7 Å². The second kappa shape index (κ2) is 10.3. The van der Waals surface area contributed by atoms with Gasteiger partial charge < -0.3 is 15.5 Å². The van der Waals surface area contributed by atoms with E-state index in [-0.39, 0.29) is 11.4 Å². The molecule has 2 fully saturated rings. The van der Waals surface area contributed by atoms with E-state index < -0.39 is 6.04 Å². The molecule has 2 N–H and O–H groups in total. The lowest BCUT2D eigenvalue weighted by atomic mass is 9.80. The number of benzene rings is 2. The zero-order valence-corrected chi connectivity index (χ0v) is 19.8. The molecule has 172 valence electrons. The molecule has 4 rings (SSSR count). The van der Waals surface area contributed by atoms with Crippen molar-refractivity contribution >= 4 is 17.5 Å². The monoisotopic (exact) mass is 454 g/mol. The van der Waals surface area contributed by atoms with Crippen LogP contribution in [-0.2, 0) is 17.6 Å². The van der Waals surface area contributed by atoms with Crippen molar-refractivity contribution in [2.45, 2.75) is 37.3 Å². The molecule has 2 aliphatic heterocycles. The lowest BCUT2D eigenvalue weighted by Gasteiger charge is -2.51. The van der Waals surface area contributed by atoms with Gasteiger partial charge in [-0.05, 0) is 69.1 Å². The highest BCUT2D eigenvalue weighted by molar-refractivity contribution is 6.30. The van der Waals surface area contributed by atoms with Crippen LogP contribution in [0, 0.1) is 0 Å². The lowest BCUT2D eigenvalue weighted by molar-refractivity contribution is -0.135. The predicted molar refractivity (Wildman–Crippen MR) is 131 cm³/mol. The molecule has 0 radical (unpaired) electrons. The highest BCUT2D eigenvalue weighted by Gasteiger charge is 2.41. The quantitative estimate of drug-likeness (QED) is 0.728. The van der Waals surface area contributed by atoms with E-state index in [0.717, 1.165) is 51.3 Å². The minimum atomic E-state index is -0.510. The van der Waals surface area contributed by atoms with Gasteiger partial charge in [0.25, 0.3) is 0 Å². The minimum absolute atomic E-state index is 0.0556. The van der Waals surface area contributed by atoms with E-state index in [1.807, 2.05) is 29.2 Å². The van der Waals surface area contributed by atoms with Crippen LogP contribution in [0.25, 0.3) is 0 Å². The summed E-state index contributed by atoms with van der Waals surface area (Å²) in [7, 11) is 2.21. The van der Waals surface area contributed by atoms with Crippen molar-refractivity contribution in [1.29, 1.82) is 0 Å². The van der Waals surface area contributed by atoms with Gasteiger partial charge in [0.05, 0.1) is 6.04 Å². The van der Waals surface area contributed by atoms with Crippen LogP contribution in [0.1, 0.15) is 24.0 Å². The van der Waals surface area contributed by atoms with E-state index in [1.54, 1.807) is 0 Å². The highest BCUT2D eigenvalue weighted by Crippen LogP contribution is 2.33. The Labute approximate surface area is 197 Å². The van der Waals surface area contributed by atoms with Gasteiger partial charge >= 0.3 is 0 Å². The van der Waals surface area contributed by atoms with Crippen molar-refractivity contribution < 1.29 is 4.79 Å². The van der Waals surface area contributed by atoms with E-state index in [1.165, 1.54) is 18.4 Å². The number of piperidine rings is 1. The molecular weight excluding hydrogens is 420 g/mol. The molecule has 0 spiro atoms. The molecule has 6 heteroatoms. The topological polar surface area (TPSA) is 52.8 Å². The second-order valence-electron chi connectivity index (χ2n) is 9.44. The molecular formula is C26H35ClN4O. The standard InChI is InChI=1S/C26H35ClN4O/c1-29-13-11-26(12-14-29,20-22-5-3-2-4-6-22)31-17-15-30(16-18-31)25(32)24(28)19-21-7-9-23(27)10-8-21/h2-10,24H,11-20,28H2,1H3/t24-/m1/s1. The van der Waals surface area contributed by atoms with Gasteiger partial charge in [-0.2, -0.15) is 0 Å². The first kappa shape index (κ1) is 23.2. The number of nitrogens with zero attached hydrogens (tertiary/aromatic N) is 3. The zero-order chi connectivity index (χ0) is 22.6. The Hall–Kier alpha value is -1.92. The van der Waals surface area contributed by atoms with E-state index in [9.17, 15) is 4.79 Å². The number of halogens is 1. The summed E-state index contributed by atoms with van der Waals surface area (Å²) in [6.45, 7) is 5.57. The molecule has 2 aromatic rings.